The minimum absolute atomic E-state index is 0.517. The van der Waals surface area contributed by atoms with Crippen molar-refractivity contribution in [3.63, 3.8) is 0 Å². The van der Waals surface area contributed by atoms with Crippen molar-refractivity contribution in [2.24, 2.45) is 4.99 Å². The van der Waals surface area contributed by atoms with Gasteiger partial charge in [0.25, 0.3) is 0 Å². The van der Waals surface area contributed by atoms with Crippen molar-refractivity contribution in [2.75, 3.05) is 44.0 Å². The van der Waals surface area contributed by atoms with Gasteiger partial charge in [-0.3, -0.25) is 4.90 Å². The van der Waals surface area contributed by atoms with Gasteiger partial charge in [-0.1, -0.05) is 49.7 Å². The number of anilines is 1. The quantitative estimate of drug-likeness (QED) is 0.354. The number of aromatic nitrogens is 1. The molecule has 0 spiro atoms. The summed E-state index contributed by atoms with van der Waals surface area (Å²) in [4.78, 5) is 11.3. The third-order valence-corrected chi connectivity index (χ3v) is 7.44. The Morgan fingerprint density at radius 2 is 1.76 bits per heavy atom. The van der Waals surface area contributed by atoms with Crippen LogP contribution in [0.1, 0.15) is 45.2 Å². The van der Waals surface area contributed by atoms with E-state index in [0.29, 0.717) is 32.0 Å². The Morgan fingerprint density at radius 1 is 1.14 bits per heavy atom. The maximum absolute atomic E-state index is 11.7. The van der Waals surface area contributed by atoms with Gasteiger partial charge in [0.15, 0.2) is 11.0 Å². The Hall–Kier alpha value is -2.53. The van der Waals surface area contributed by atoms with Gasteiger partial charge in [0.2, 0.25) is 10.0 Å². The molecule has 0 amide bonds. The molecule has 10 heteroatoms. The average Bonchev–Trinajstić information content (AvgIpc) is 2.85. The second-order valence-electron chi connectivity index (χ2n) is 9.05. The number of amidine groups is 1. The lowest BCUT2D eigenvalue weighted by Crippen LogP contribution is -2.47. The summed E-state index contributed by atoms with van der Waals surface area (Å²) < 4.78 is 24.9. The third-order valence-electron chi connectivity index (χ3n) is 5.56. The number of nitrogens with one attached hydrogen (secondary N) is 2. The lowest BCUT2D eigenvalue weighted by molar-refractivity contribution is 0.182. The Morgan fingerprint density at radius 3 is 2.27 bits per heavy atom. The predicted molar refractivity (Wildman–Crippen MR) is 160 cm³/mol. The summed E-state index contributed by atoms with van der Waals surface area (Å²) in [7, 11) is -3.13. The summed E-state index contributed by atoms with van der Waals surface area (Å²) in [6.07, 6.45) is 7.61. The number of benzene rings is 1. The molecule has 0 saturated carbocycles. The molecule has 202 valence electrons. The van der Waals surface area contributed by atoms with Crippen LogP contribution in [0, 0.1) is 5.41 Å². The molecule has 37 heavy (non-hydrogen) atoms. The molecule has 1 fully saturated rings. The first-order valence-corrected chi connectivity index (χ1v) is 15.5. The highest BCUT2D eigenvalue weighted by molar-refractivity contribution is 8.13. The van der Waals surface area contributed by atoms with Crippen LogP contribution in [-0.2, 0) is 16.6 Å². The largest absolute Gasteiger partial charge is 0.335 e. The molecular formula is C27H40N6O2S2. The molecule has 8 nitrogen and oxygen atoms in total. The first kappa shape index (κ1) is 30.7. The standard InChI is InChI=1S/C24H32N6O2S2.C3H8/c1-18(2)22(16-25)20-5-7-21(8-6-20)27-24(33-3)28-23-15-19(9-10-26-23)17-29-11-13-30(14-12-29)34(4,31)32;1-3-2/h5-10,15-16,25H,11-14,17H2,1-4H3,(H,26,27,28);3H2,1-2H3. The van der Waals surface area contributed by atoms with Crippen LogP contribution in [0.2, 0.25) is 0 Å². The fourth-order valence-electron chi connectivity index (χ4n) is 3.70. The van der Waals surface area contributed by atoms with Crippen molar-refractivity contribution in [1.29, 1.82) is 5.41 Å². The molecule has 1 aromatic heterocycles. The molecular weight excluding hydrogens is 504 g/mol. The van der Waals surface area contributed by atoms with Crippen LogP contribution in [0.15, 0.2) is 53.2 Å². The number of hydrogen-bond acceptors (Lipinski definition) is 7. The highest BCUT2D eigenvalue weighted by Crippen LogP contribution is 2.21. The highest BCUT2D eigenvalue weighted by Gasteiger charge is 2.23. The Kier molecular flexibility index (Phi) is 12.5. The van der Waals surface area contributed by atoms with Crippen molar-refractivity contribution in [2.45, 2.75) is 40.7 Å². The van der Waals surface area contributed by atoms with E-state index >= 15 is 0 Å². The number of allylic oxidation sites excluding steroid dienone is 2. The molecule has 2 heterocycles. The van der Waals surface area contributed by atoms with E-state index in [-0.39, 0.29) is 0 Å². The zero-order valence-electron chi connectivity index (χ0n) is 22.8. The maximum Gasteiger partial charge on any atom is 0.211 e. The summed E-state index contributed by atoms with van der Waals surface area (Å²) in [6.45, 7) is 11.4. The van der Waals surface area contributed by atoms with Gasteiger partial charge in [0.1, 0.15) is 0 Å². The fraction of sp³-hybridized carbons (Fsp3) is 0.444. The molecule has 1 aliphatic rings. The van der Waals surface area contributed by atoms with Crippen molar-refractivity contribution in [3.05, 3.63) is 59.3 Å². The summed E-state index contributed by atoms with van der Waals surface area (Å²) in [6, 6.07) is 11.9. The summed E-state index contributed by atoms with van der Waals surface area (Å²) in [5, 5.41) is 11.7. The van der Waals surface area contributed by atoms with Gasteiger partial charge in [-0.05, 0) is 61.1 Å². The summed E-state index contributed by atoms with van der Waals surface area (Å²) >= 11 is 1.50. The van der Waals surface area contributed by atoms with Gasteiger partial charge in [0, 0.05) is 50.8 Å². The molecule has 0 radical (unpaired) electrons. The van der Waals surface area contributed by atoms with E-state index in [1.165, 1.54) is 35.0 Å². The van der Waals surface area contributed by atoms with E-state index in [2.05, 4.69) is 34.0 Å². The maximum atomic E-state index is 11.7. The molecule has 0 unspecified atom stereocenters. The van der Waals surface area contributed by atoms with E-state index < -0.39 is 10.0 Å². The molecule has 1 aromatic carbocycles. The van der Waals surface area contributed by atoms with E-state index in [0.717, 1.165) is 39.7 Å². The third kappa shape index (κ3) is 10.0. The molecule has 2 N–H and O–H groups in total. The van der Waals surface area contributed by atoms with E-state index in [4.69, 9.17) is 5.41 Å². The van der Waals surface area contributed by atoms with Crippen molar-refractivity contribution < 1.29 is 8.42 Å². The number of aliphatic imine (C=N–C) groups is 1. The minimum atomic E-state index is -3.13. The topological polar surface area (TPSA) is 102 Å². The smallest absolute Gasteiger partial charge is 0.211 e. The number of rotatable bonds is 7. The van der Waals surface area contributed by atoms with Gasteiger partial charge >= 0.3 is 0 Å². The first-order valence-electron chi connectivity index (χ1n) is 12.4. The SMILES string of the molecule is CCC.CSC(=Nc1cc(CN2CCN(S(C)(=O)=O)CC2)ccn1)Nc1ccc(C(C=N)=C(C)C)cc1. The number of pyridine rings is 1. The van der Waals surface area contributed by atoms with Crippen LogP contribution in [0.25, 0.3) is 5.57 Å². The second kappa shape index (κ2) is 15.0. The molecule has 0 aliphatic carbocycles. The van der Waals surface area contributed by atoms with E-state index in [1.807, 2.05) is 56.5 Å². The lowest BCUT2D eigenvalue weighted by Gasteiger charge is -2.33. The molecule has 1 saturated heterocycles. The molecule has 3 rings (SSSR count). The highest BCUT2D eigenvalue weighted by atomic mass is 32.2. The van der Waals surface area contributed by atoms with Gasteiger partial charge in [0.05, 0.1) is 6.26 Å². The Bertz CT molecular complexity index is 1180. The van der Waals surface area contributed by atoms with Crippen molar-refractivity contribution in [3.8, 4) is 0 Å². The molecule has 1 aliphatic heterocycles. The number of thioether (sulfide) groups is 1. The summed E-state index contributed by atoms with van der Waals surface area (Å²) in [5.74, 6) is 0.622. The van der Waals surface area contributed by atoms with Crippen LogP contribution in [0.5, 0.6) is 0 Å². The number of piperazine rings is 1. The van der Waals surface area contributed by atoms with Crippen molar-refractivity contribution in [1.82, 2.24) is 14.2 Å². The monoisotopic (exact) mass is 544 g/mol. The van der Waals surface area contributed by atoms with Gasteiger partial charge < -0.3 is 10.7 Å². The summed E-state index contributed by atoms with van der Waals surface area (Å²) in [5.41, 5.74) is 5.03. The Labute approximate surface area is 226 Å². The fourth-order valence-corrected chi connectivity index (χ4v) is 4.93. The van der Waals surface area contributed by atoms with Gasteiger partial charge in [-0.2, -0.15) is 4.31 Å². The normalized spacial score (nSPS) is 14.9. The molecule has 2 aromatic rings. The molecule has 0 bridgehead atoms. The van der Waals surface area contributed by atoms with Gasteiger partial charge in [-0.25, -0.2) is 18.4 Å². The van der Waals surface area contributed by atoms with E-state index in [1.54, 1.807) is 6.20 Å². The zero-order chi connectivity index (χ0) is 27.4. The zero-order valence-corrected chi connectivity index (χ0v) is 24.4. The van der Waals surface area contributed by atoms with Crippen LogP contribution < -0.4 is 5.32 Å². The number of nitrogens with zero attached hydrogens (tertiary/aromatic N) is 4. The van der Waals surface area contributed by atoms with Gasteiger partial charge in [-0.15, -0.1) is 0 Å². The predicted octanol–water partition coefficient (Wildman–Crippen LogP) is 5.48. The average molecular weight is 545 g/mol. The minimum Gasteiger partial charge on any atom is -0.335 e. The first-order chi connectivity index (χ1) is 17.6. The Balaban J connectivity index is 0.00000153. The van der Waals surface area contributed by atoms with E-state index in [9.17, 15) is 8.42 Å². The second-order valence-corrected chi connectivity index (χ2v) is 11.8. The van der Waals surface area contributed by atoms with Crippen LogP contribution in [0.3, 0.4) is 0 Å². The number of sulfonamides is 1. The van der Waals surface area contributed by atoms with Crippen LogP contribution in [-0.4, -0.2) is 72.7 Å². The number of hydrogen-bond donors (Lipinski definition) is 2. The van der Waals surface area contributed by atoms with Crippen LogP contribution in [0.4, 0.5) is 11.5 Å². The lowest BCUT2D eigenvalue weighted by atomic mass is 10.0. The van der Waals surface area contributed by atoms with Crippen molar-refractivity contribution >= 4 is 50.2 Å². The molecule has 0 atom stereocenters. The van der Waals surface area contributed by atoms with Crippen LogP contribution >= 0.6 is 11.8 Å².